The zero-order chi connectivity index (χ0) is 19.0. The van der Waals surface area contributed by atoms with E-state index in [1.807, 2.05) is 0 Å². The number of aliphatic hydroxyl groups is 9. The van der Waals surface area contributed by atoms with Gasteiger partial charge in [0.15, 0.2) is 12.7 Å². The Morgan fingerprint density at radius 2 is 1.17 bits per heavy atom. The van der Waals surface area contributed by atoms with Crippen molar-refractivity contribution in [1.82, 2.24) is 0 Å². The maximum atomic E-state index is 11.4. The molecule has 0 radical (unpaired) electrons. The van der Waals surface area contributed by atoms with Gasteiger partial charge >= 0.3 is 5.97 Å². The second-order valence-corrected chi connectivity index (χ2v) is 4.94. The van der Waals surface area contributed by atoms with Crippen LogP contribution in [0.15, 0.2) is 0 Å². The maximum Gasteiger partial charge on any atom is 0.338 e. The number of ketones is 1. The van der Waals surface area contributed by atoms with Gasteiger partial charge in [-0.1, -0.05) is 0 Å². The lowest BCUT2D eigenvalue weighted by Gasteiger charge is -2.24. The van der Waals surface area contributed by atoms with Crippen molar-refractivity contribution >= 4 is 11.8 Å². The highest BCUT2D eigenvalue weighted by molar-refractivity contribution is 5.87. The molecule has 12 heteroatoms. The minimum absolute atomic E-state index is 0.943. The molecule has 0 saturated carbocycles. The van der Waals surface area contributed by atoms with E-state index in [1.165, 1.54) is 0 Å². The van der Waals surface area contributed by atoms with Gasteiger partial charge in [0.1, 0.15) is 36.6 Å². The van der Waals surface area contributed by atoms with Gasteiger partial charge in [0, 0.05) is 0 Å². The summed E-state index contributed by atoms with van der Waals surface area (Å²) in [6, 6.07) is 0. The first-order chi connectivity index (χ1) is 11.1. The Kier molecular flexibility index (Phi) is 10.1. The second kappa shape index (κ2) is 10.6. The zero-order valence-electron chi connectivity index (χ0n) is 12.4. The van der Waals surface area contributed by atoms with Crippen LogP contribution in [0.25, 0.3) is 0 Å². The van der Waals surface area contributed by atoms with Gasteiger partial charge in [0.25, 0.3) is 0 Å². The molecule has 7 atom stereocenters. The Labute approximate surface area is 135 Å². The molecule has 0 aromatic heterocycles. The molecule has 0 aromatic rings. The first-order valence-corrected chi connectivity index (χ1v) is 6.75. The summed E-state index contributed by atoms with van der Waals surface area (Å²) in [5, 5.41) is 82.1. The number of carbonyl (C=O) groups excluding carboxylic acids is 2. The van der Waals surface area contributed by atoms with E-state index in [0.29, 0.717) is 0 Å². The average molecular weight is 358 g/mol. The van der Waals surface area contributed by atoms with Crippen LogP contribution in [0.5, 0.6) is 0 Å². The average Bonchev–Trinajstić information content (AvgIpc) is 2.60. The van der Waals surface area contributed by atoms with Gasteiger partial charge in [-0.15, -0.1) is 0 Å². The van der Waals surface area contributed by atoms with Gasteiger partial charge in [0.2, 0.25) is 5.78 Å². The molecule has 0 rings (SSSR count). The predicted octanol–water partition coefficient (Wildman–Crippen LogP) is -6.39. The summed E-state index contributed by atoms with van der Waals surface area (Å²) in [4.78, 5) is 22.9. The second-order valence-electron chi connectivity index (χ2n) is 4.94. The molecule has 12 nitrogen and oxygen atoms in total. The Morgan fingerprint density at radius 3 is 1.62 bits per heavy atom. The summed E-state index contributed by atoms with van der Waals surface area (Å²) >= 11 is 0. The van der Waals surface area contributed by atoms with Crippen molar-refractivity contribution in [3.8, 4) is 0 Å². The van der Waals surface area contributed by atoms with E-state index in [2.05, 4.69) is 4.74 Å². The van der Waals surface area contributed by atoms with Gasteiger partial charge in [-0.2, -0.15) is 0 Å². The number of Topliss-reactive ketones (excluding diaryl/α,β-unsaturated/α-hetero) is 1. The van der Waals surface area contributed by atoms with Gasteiger partial charge in [0.05, 0.1) is 13.2 Å². The van der Waals surface area contributed by atoms with Gasteiger partial charge in [-0.3, -0.25) is 4.79 Å². The fraction of sp³-hybridized carbons (Fsp3) is 0.833. The molecule has 0 saturated heterocycles. The first-order valence-electron chi connectivity index (χ1n) is 6.75. The molecule has 0 fully saturated rings. The lowest BCUT2D eigenvalue weighted by atomic mass is 10.0. The smallest absolute Gasteiger partial charge is 0.338 e. The van der Waals surface area contributed by atoms with Crippen LogP contribution in [0, 0.1) is 0 Å². The van der Waals surface area contributed by atoms with Crippen molar-refractivity contribution in [3.63, 3.8) is 0 Å². The van der Waals surface area contributed by atoms with Crippen LogP contribution in [0.2, 0.25) is 0 Å². The van der Waals surface area contributed by atoms with Gasteiger partial charge < -0.3 is 50.7 Å². The van der Waals surface area contributed by atoms with Crippen molar-refractivity contribution in [3.05, 3.63) is 0 Å². The van der Waals surface area contributed by atoms with E-state index in [-0.39, 0.29) is 0 Å². The predicted molar refractivity (Wildman–Crippen MR) is 72.2 cm³/mol. The molecule has 0 aromatic carbocycles. The molecule has 0 heterocycles. The van der Waals surface area contributed by atoms with E-state index in [4.69, 9.17) is 20.4 Å². The monoisotopic (exact) mass is 358 g/mol. The third-order valence-electron chi connectivity index (χ3n) is 3.09. The van der Waals surface area contributed by atoms with Crippen LogP contribution in [0.3, 0.4) is 0 Å². The van der Waals surface area contributed by atoms with Crippen molar-refractivity contribution in [2.75, 3.05) is 19.8 Å². The number of esters is 1. The van der Waals surface area contributed by atoms with Crippen molar-refractivity contribution in [1.29, 1.82) is 0 Å². The normalized spacial score (nSPS) is 20.4. The Bertz CT molecular complexity index is 401. The number of ether oxygens (including phenoxy) is 1. The summed E-state index contributed by atoms with van der Waals surface area (Å²) < 4.78 is 4.27. The molecule has 142 valence electrons. The fourth-order valence-corrected chi connectivity index (χ4v) is 1.48. The quantitative estimate of drug-likeness (QED) is 0.157. The highest BCUT2D eigenvalue weighted by atomic mass is 16.6. The minimum Gasteiger partial charge on any atom is -0.456 e. The molecule has 0 aliphatic carbocycles. The number of hydrogen-bond donors (Lipinski definition) is 9. The summed E-state index contributed by atoms with van der Waals surface area (Å²) in [7, 11) is 0. The lowest BCUT2D eigenvalue weighted by Crippen LogP contribution is -2.50. The van der Waals surface area contributed by atoms with Crippen LogP contribution in [-0.2, 0) is 14.3 Å². The van der Waals surface area contributed by atoms with Crippen LogP contribution in [0.4, 0.5) is 0 Å². The molecule has 0 aliphatic rings. The number of aliphatic hydroxyl groups excluding tert-OH is 9. The third kappa shape index (κ3) is 6.35. The summed E-state index contributed by atoms with van der Waals surface area (Å²) in [6.07, 6.45) is -14.6. The van der Waals surface area contributed by atoms with Crippen LogP contribution >= 0.6 is 0 Å². The lowest BCUT2D eigenvalue weighted by molar-refractivity contribution is -0.173. The fourth-order valence-electron chi connectivity index (χ4n) is 1.48. The summed E-state index contributed by atoms with van der Waals surface area (Å²) in [5.74, 6) is -2.87. The third-order valence-corrected chi connectivity index (χ3v) is 3.09. The van der Waals surface area contributed by atoms with Crippen LogP contribution < -0.4 is 0 Å². The molecule has 0 amide bonds. The summed E-state index contributed by atoms with van der Waals surface area (Å²) in [6.45, 7) is -3.06. The molecule has 0 spiro atoms. The van der Waals surface area contributed by atoms with Gasteiger partial charge in [-0.05, 0) is 0 Å². The number of rotatable bonds is 11. The first kappa shape index (κ1) is 22.8. The van der Waals surface area contributed by atoms with E-state index < -0.39 is 74.3 Å². The minimum atomic E-state index is -2.38. The molecule has 0 unspecified atom stereocenters. The van der Waals surface area contributed by atoms with E-state index in [9.17, 15) is 35.1 Å². The largest absolute Gasteiger partial charge is 0.456 e. The van der Waals surface area contributed by atoms with Crippen molar-refractivity contribution < 1.29 is 60.3 Å². The highest BCUT2D eigenvalue weighted by Crippen LogP contribution is 2.07. The van der Waals surface area contributed by atoms with Gasteiger partial charge in [-0.25, -0.2) is 4.79 Å². The van der Waals surface area contributed by atoms with Crippen molar-refractivity contribution in [2.24, 2.45) is 0 Å². The molecule has 24 heavy (non-hydrogen) atoms. The Morgan fingerprint density at radius 1 is 0.708 bits per heavy atom. The maximum absolute atomic E-state index is 11.4. The topological polar surface area (TPSA) is 225 Å². The van der Waals surface area contributed by atoms with E-state index >= 15 is 0 Å². The van der Waals surface area contributed by atoms with E-state index in [1.54, 1.807) is 0 Å². The summed E-state index contributed by atoms with van der Waals surface area (Å²) in [5.41, 5.74) is 0. The number of carbonyl (C=O) groups is 2. The molecule has 9 N–H and O–H groups in total. The Hall–Kier alpha value is -1.22. The highest BCUT2D eigenvalue weighted by Gasteiger charge is 2.36. The standard InChI is InChI=1S/C12H22O12/c13-1-4(15)7(18)9(20)6(17)3-24-12(23)11(22)10(21)8(19)5(16)2-14/h4-5,7-11,13-16,18-22H,1-3H2/t4-,5-,7-,8+,9-,10+,11-/m1/s1. The number of hydrogen-bond acceptors (Lipinski definition) is 12. The van der Waals surface area contributed by atoms with E-state index in [0.717, 1.165) is 0 Å². The van der Waals surface area contributed by atoms with Crippen LogP contribution in [-0.4, -0.2) is 120 Å². The van der Waals surface area contributed by atoms with Crippen molar-refractivity contribution in [2.45, 2.75) is 42.7 Å². The molecule has 0 bridgehead atoms. The molecule has 0 aliphatic heterocycles. The molecular weight excluding hydrogens is 336 g/mol. The zero-order valence-corrected chi connectivity index (χ0v) is 12.4. The SMILES string of the molecule is O=C(COC(=O)[C@H](O)[C@@H](O)[C@@H](O)[C@H](O)CO)[C@@H](O)[C@H](O)[C@H](O)CO. The molecular formula is C12H22O12. The van der Waals surface area contributed by atoms with Crippen LogP contribution in [0.1, 0.15) is 0 Å². The Balaban J connectivity index is 4.54.